The van der Waals surface area contributed by atoms with E-state index >= 15 is 0 Å². The molecule has 0 saturated carbocycles. The second kappa shape index (κ2) is 5.03. The molecule has 2 aromatic rings. The van der Waals surface area contributed by atoms with Crippen LogP contribution < -0.4 is 0 Å². The molecule has 0 fully saturated rings. The Labute approximate surface area is 106 Å². The van der Waals surface area contributed by atoms with Crippen LogP contribution in [0.25, 0.3) is 0 Å². The van der Waals surface area contributed by atoms with Crippen molar-refractivity contribution in [2.24, 2.45) is 0 Å². The summed E-state index contributed by atoms with van der Waals surface area (Å²) in [6.07, 6.45) is 4.54. The summed E-state index contributed by atoms with van der Waals surface area (Å²) < 4.78 is 22.6. The molecule has 0 spiro atoms. The third-order valence-corrected chi connectivity index (χ3v) is 3.44. The van der Waals surface area contributed by atoms with Crippen LogP contribution in [0.4, 0.5) is 0 Å². The Morgan fingerprint density at radius 2 is 1.39 bits per heavy atom. The summed E-state index contributed by atoms with van der Waals surface area (Å²) in [6, 6.07) is 10.2. The maximum atomic E-state index is 11.3. The summed E-state index contributed by atoms with van der Waals surface area (Å²) in [5.41, 5.74) is 1.65. The predicted molar refractivity (Wildman–Crippen MR) is 69.8 cm³/mol. The Morgan fingerprint density at radius 1 is 0.889 bits per heavy atom. The van der Waals surface area contributed by atoms with Gasteiger partial charge in [-0.15, -0.1) is 0 Å². The molecule has 1 aromatic heterocycles. The Balaban J connectivity index is 2.25. The SMILES string of the molecule is CS(=O)(=O)c1ccc(C#Cc2ccncc2)cc1. The zero-order valence-corrected chi connectivity index (χ0v) is 10.6. The third-order valence-electron chi connectivity index (χ3n) is 2.31. The molecule has 2 rings (SSSR count). The van der Waals surface area contributed by atoms with Crippen LogP contribution in [-0.2, 0) is 9.84 Å². The number of pyridine rings is 1. The smallest absolute Gasteiger partial charge is 0.175 e. The van der Waals surface area contributed by atoms with Crippen molar-refractivity contribution in [1.82, 2.24) is 4.98 Å². The van der Waals surface area contributed by atoms with Gasteiger partial charge in [-0.2, -0.15) is 0 Å². The Bertz CT molecular complexity index is 693. The van der Waals surface area contributed by atoms with Crippen LogP contribution in [0, 0.1) is 11.8 Å². The number of hydrogen-bond acceptors (Lipinski definition) is 3. The van der Waals surface area contributed by atoms with Gasteiger partial charge in [0, 0.05) is 29.8 Å². The standard InChI is InChI=1S/C14H11NO2S/c1-18(16,17)14-6-4-12(5-7-14)2-3-13-8-10-15-11-9-13/h4-11H,1H3. The summed E-state index contributed by atoms with van der Waals surface area (Å²) in [7, 11) is -3.14. The van der Waals surface area contributed by atoms with Gasteiger partial charge in [0.25, 0.3) is 0 Å². The molecule has 0 atom stereocenters. The molecular weight excluding hydrogens is 246 g/mol. The van der Waals surface area contributed by atoms with Gasteiger partial charge in [0.05, 0.1) is 4.90 Å². The topological polar surface area (TPSA) is 47.0 Å². The highest BCUT2D eigenvalue weighted by atomic mass is 32.2. The van der Waals surface area contributed by atoms with Gasteiger partial charge in [0.15, 0.2) is 9.84 Å². The molecule has 0 unspecified atom stereocenters. The fourth-order valence-corrected chi connectivity index (χ4v) is 2.00. The van der Waals surface area contributed by atoms with E-state index in [2.05, 4.69) is 16.8 Å². The summed E-state index contributed by atoms with van der Waals surface area (Å²) in [4.78, 5) is 4.21. The lowest BCUT2D eigenvalue weighted by atomic mass is 10.2. The second-order valence-corrected chi connectivity index (χ2v) is 5.80. The summed E-state index contributed by atoms with van der Waals surface area (Å²) in [5, 5.41) is 0. The fourth-order valence-electron chi connectivity index (χ4n) is 1.37. The van der Waals surface area contributed by atoms with E-state index in [9.17, 15) is 8.42 Å². The first kappa shape index (κ1) is 12.3. The van der Waals surface area contributed by atoms with Crippen LogP contribution in [-0.4, -0.2) is 19.7 Å². The summed E-state index contributed by atoms with van der Waals surface area (Å²) >= 11 is 0. The molecule has 0 aliphatic carbocycles. The van der Waals surface area contributed by atoms with Crippen LogP contribution in [0.15, 0.2) is 53.7 Å². The van der Waals surface area contributed by atoms with Crippen LogP contribution in [0.1, 0.15) is 11.1 Å². The van der Waals surface area contributed by atoms with Crippen LogP contribution >= 0.6 is 0 Å². The van der Waals surface area contributed by atoms with Gasteiger partial charge in [0.2, 0.25) is 0 Å². The largest absolute Gasteiger partial charge is 0.265 e. The average Bonchev–Trinajstić information content (AvgIpc) is 2.37. The first-order chi connectivity index (χ1) is 8.55. The van der Waals surface area contributed by atoms with Gasteiger partial charge in [-0.25, -0.2) is 8.42 Å². The maximum Gasteiger partial charge on any atom is 0.175 e. The first-order valence-corrected chi connectivity index (χ1v) is 7.17. The van der Waals surface area contributed by atoms with E-state index in [1.54, 1.807) is 36.7 Å². The highest BCUT2D eigenvalue weighted by Crippen LogP contribution is 2.09. The maximum absolute atomic E-state index is 11.3. The number of hydrogen-bond donors (Lipinski definition) is 0. The lowest BCUT2D eigenvalue weighted by Crippen LogP contribution is -1.96. The lowest BCUT2D eigenvalue weighted by molar-refractivity contribution is 0.602. The highest BCUT2D eigenvalue weighted by Gasteiger charge is 2.04. The molecule has 0 bridgehead atoms. The normalized spacial score (nSPS) is 10.5. The third kappa shape index (κ3) is 3.19. The van der Waals surface area contributed by atoms with Crippen molar-refractivity contribution >= 4 is 9.84 Å². The molecule has 4 heteroatoms. The molecule has 1 heterocycles. The van der Waals surface area contributed by atoms with Crippen LogP contribution in [0.5, 0.6) is 0 Å². The number of aromatic nitrogens is 1. The van der Waals surface area contributed by atoms with Gasteiger partial charge in [-0.3, -0.25) is 4.98 Å². The summed E-state index contributed by atoms with van der Waals surface area (Å²) in [6.45, 7) is 0. The fraction of sp³-hybridized carbons (Fsp3) is 0.0714. The molecule has 0 radical (unpaired) electrons. The van der Waals surface area contributed by atoms with Crippen molar-refractivity contribution < 1.29 is 8.42 Å². The highest BCUT2D eigenvalue weighted by molar-refractivity contribution is 7.90. The van der Waals surface area contributed by atoms with Crippen molar-refractivity contribution in [3.8, 4) is 11.8 Å². The van der Waals surface area contributed by atoms with Crippen molar-refractivity contribution in [3.63, 3.8) is 0 Å². The first-order valence-electron chi connectivity index (χ1n) is 5.28. The molecule has 18 heavy (non-hydrogen) atoms. The minimum Gasteiger partial charge on any atom is -0.265 e. The number of sulfone groups is 1. The molecular formula is C14H11NO2S. The Hall–Kier alpha value is -2.12. The number of nitrogens with zero attached hydrogens (tertiary/aromatic N) is 1. The van der Waals surface area contributed by atoms with Crippen LogP contribution in [0.2, 0.25) is 0 Å². The lowest BCUT2D eigenvalue weighted by Gasteiger charge is -1.97. The van der Waals surface area contributed by atoms with Gasteiger partial charge in [-0.1, -0.05) is 11.8 Å². The van der Waals surface area contributed by atoms with Crippen molar-refractivity contribution in [1.29, 1.82) is 0 Å². The molecule has 3 nitrogen and oxygen atoms in total. The van der Waals surface area contributed by atoms with E-state index in [-0.39, 0.29) is 0 Å². The Morgan fingerprint density at radius 3 is 1.89 bits per heavy atom. The molecule has 0 aliphatic heterocycles. The van der Waals surface area contributed by atoms with Gasteiger partial charge in [-0.05, 0) is 36.4 Å². The molecule has 0 saturated heterocycles. The van der Waals surface area contributed by atoms with Gasteiger partial charge in [0.1, 0.15) is 0 Å². The molecule has 0 N–H and O–H groups in total. The van der Waals surface area contributed by atoms with Crippen molar-refractivity contribution in [2.45, 2.75) is 4.90 Å². The minimum atomic E-state index is -3.14. The van der Waals surface area contributed by atoms with E-state index < -0.39 is 9.84 Å². The van der Waals surface area contributed by atoms with E-state index in [1.807, 2.05) is 12.1 Å². The van der Waals surface area contributed by atoms with Crippen LogP contribution in [0.3, 0.4) is 0 Å². The van der Waals surface area contributed by atoms with Crippen molar-refractivity contribution in [3.05, 3.63) is 59.9 Å². The number of rotatable bonds is 1. The van der Waals surface area contributed by atoms with Crippen molar-refractivity contribution in [2.75, 3.05) is 6.26 Å². The summed E-state index contributed by atoms with van der Waals surface area (Å²) in [5.74, 6) is 5.95. The average molecular weight is 257 g/mol. The van der Waals surface area contributed by atoms with E-state index in [1.165, 1.54) is 6.26 Å². The minimum absolute atomic E-state index is 0.303. The zero-order valence-electron chi connectivity index (χ0n) is 9.79. The number of benzene rings is 1. The van der Waals surface area contributed by atoms with Gasteiger partial charge >= 0.3 is 0 Å². The molecule has 90 valence electrons. The predicted octanol–water partition coefficient (Wildman–Crippen LogP) is 1.88. The van der Waals surface area contributed by atoms with E-state index in [0.29, 0.717) is 4.90 Å². The quantitative estimate of drug-likeness (QED) is 0.733. The van der Waals surface area contributed by atoms with E-state index in [4.69, 9.17) is 0 Å². The van der Waals surface area contributed by atoms with Gasteiger partial charge < -0.3 is 0 Å². The Kier molecular flexibility index (Phi) is 3.45. The van der Waals surface area contributed by atoms with E-state index in [0.717, 1.165) is 11.1 Å². The molecule has 0 aliphatic rings. The molecule has 1 aromatic carbocycles. The molecule has 0 amide bonds. The monoisotopic (exact) mass is 257 g/mol. The zero-order chi connectivity index (χ0) is 13.0. The second-order valence-electron chi connectivity index (χ2n) is 3.78.